The average molecular weight is 580 g/mol. The van der Waals surface area contributed by atoms with Gasteiger partial charge in [0.05, 0.1) is 21.6 Å². The van der Waals surface area contributed by atoms with Crippen molar-refractivity contribution in [2.24, 2.45) is 0 Å². The van der Waals surface area contributed by atoms with Crippen molar-refractivity contribution in [1.82, 2.24) is 9.78 Å². The molecule has 4 aromatic rings. The van der Waals surface area contributed by atoms with Gasteiger partial charge in [-0.25, -0.2) is 0 Å². The zero-order chi connectivity index (χ0) is 24.4. The van der Waals surface area contributed by atoms with Crippen molar-refractivity contribution >= 4 is 81.3 Å². The van der Waals surface area contributed by atoms with Crippen LogP contribution in [-0.2, 0) is 13.2 Å². The number of aromatic nitrogens is 2. The third-order valence-electron chi connectivity index (χ3n) is 4.53. The van der Waals surface area contributed by atoms with E-state index in [0.717, 1.165) is 5.56 Å². The lowest BCUT2D eigenvalue weighted by molar-refractivity contribution is 0.0992. The maximum absolute atomic E-state index is 12.5. The third-order valence-corrected chi connectivity index (χ3v) is 7.01. The van der Waals surface area contributed by atoms with Crippen molar-refractivity contribution in [2.75, 3.05) is 5.32 Å². The van der Waals surface area contributed by atoms with E-state index in [1.165, 1.54) is 6.07 Å². The van der Waals surface area contributed by atoms with E-state index in [1.54, 1.807) is 29.1 Å². The maximum Gasteiger partial charge on any atom is 0.292 e. The summed E-state index contributed by atoms with van der Waals surface area (Å²) >= 11 is 36.4. The van der Waals surface area contributed by atoms with Crippen molar-refractivity contribution in [3.8, 4) is 5.75 Å². The summed E-state index contributed by atoms with van der Waals surface area (Å²) in [6.07, 6.45) is 1.74. The number of carbonyl (C=O) groups excluding carboxylic acids is 1. The maximum atomic E-state index is 12.5. The molecule has 2 heterocycles. The van der Waals surface area contributed by atoms with Gasteiger partial charge in [-0.05, 0) is 29.8 Å². The number of halogens is 6. The first-order valence-electron chi connectivity index (χ1n) is 9.55. The van der Waals surface area contributed by atoms with Gasteiger partial charge in [-0.2, -0.15) is 5.10 Å². The Kier molecular flexibility index (Phi) is 7.87. The minimum absolute atomic E-state index is 0.0129. The van der Waals surface area contributed by atoms with Crippen molar-refractivity contribution in [3.63, 3.8) is 0 Å². The first-order chi connectivity index (χ1) is 16.2. The van der Waals surface area contributed by atoms with Crippen molar-refractivity contribution in [1.29, 1.82) is 0 Å². The van der Waals surface area contributed by atoms with Crippen LogP contribution in [0.4, 0.5) is 5.82 Å². The summed E-state index contributed by atoms with van der Waals surface area (Å²) in [5.74, 6) is 0.340. The number of furan rings is 1. The second-order valence-corrected chi connectivity index (χ2v) is 9.26. The highest BCUT2D eigenvalue weighted by Gasteiger charge is 2.21. The monoisotopic (exact) mass is 577 g/mol. The summed E-state index contributed by atoms with van der Waals surface area (Å²) in [7, 11) is 0. The Morgan fingerprint density at radius 3 is 2.35 bits per heavy atom. The number of hydrogen-bond acceptors (Lipinski definition) is 4. The average Bonchev–Trinajstić information content (AvgIpc) is 3.46. The van der Waals surface area contributed by atoms with Crippen LogP contribution in [-0.4, -0.2) is 15.7 Å². The molecule has 2 aromatic carbocycles. The van der Waals surface area contributed by atoms with E-state index in [1.807, 2.05) is 18.2 Å². The van der Waals surface area contributed by atoms with Gasteiger partial charge in [-0.15, -0.1) is 0 Å². The fourth-order valence-electron chi connectivity index (χ4n) is 2.95. The van der Waals surface area contributed by atoms with Crippen LogP contribution >= 0.6 is 69.6 Å². The third kappa shape index (κ3) is 5.60. The molecule has 4 rings (SSSR count). The Bertz CT molecular complexity index is 1340. The van der Waals surface area contributed by atoms with Gasteiger partial charge in [0.25, 0.3) is 5.91 Å². The highest BCUT2D eigenvalue weighted by Crippen LogP contribution is 2.48. The minimum Gasteiger partial charge on any atom is -0.482 e. The molecule has 0 radical (unpaired) electrons. The summed E-state index contributed by atoms with van der Waals surface area (Å²) < 4.78 is 12.8. The molecule has 0 aliphatic carbocycles. The molecule has 0 aliphatic heterocycles. The Hall–Kier alpha value is -2.06. The number of nitrogens with zero attached hydrogens (tertiary/aromatic N) is 2. The lowest BCUT2D eigenvalue weighted by Crippen LogP contribution is -2.12. The summed E-state index contributed by atoms with van der Waals surface area (Å²) in [5.41, 5.74) is 0.979. The molecule has 0 unspecified atom stereocenters. The molecule has 0 atom stereocenters. The number of carbonyl (C=O) groups is 1. The van der Waals surface area contributed by atoms with Crippen LogP contribution in [0.15, 0.2) is 53.1 Å². The SMILES string of the molecule is O=C(Nc1ccn(Cc2cccc(Cl)c2)n1)c1ccc(COc2c(Cl)c(Cl)c(Cl)c(Cl)c2Cl)o1. The smallest absolute Gasteiger partial charge is 0.292 e. The fraction of sp³-hybridized carbons (Fsp3) is 0.0909. The van der Waals surface area contributed by atoms with Gasteiger partial charge < -0.3 is 14.5 Å². The molecule has 2 aromatic heterocycles. The molecule has 6 nitrogen and oxygen atoms in total. The Morgan fingerprint density at radius 1 is 0.941 bits per heavy atom. The van der Waals surface area contributed by atoms with Gasteiger partial charge in [-0.1, -0.05) is 81.7 Å². The molecule has 0 saturated heterocycles. The van der Waals surface area contributed by atoms with E-state index in [-0.39, 0.29) is 43.2 Å². The summed E-state index contributed by atoms with van der Waals surface area (Å²) in [6, 6.07) is 12.2. The van der Waals surface area contributed by atoms with E-state index in [2.05, 4.69) is 10.4 Å². The standard InChI is InChI=1S/C22H13Cl6N3O3/c23-12-3-1-2-11(8-12)9-31-7-6-15(30-31)29-22(32)14-5-4-13(34-14)10-33-21-19(27)17(25)16(24)18(26)20(21)28/h1-8H,9-10H2,(H,29,30,32). The topological polar surface area (TPSA) is 69.3 Å². The van der Waals surface area contributed by atoms with Crippen LogP contribution in [0.25, 0.3) is 0 Å². The Morgan fingerprint density at radius 2 is 1.65 bits per heavy atom. The van der Waals surface area contributed by atoms with Crippen LogP contribution in [0.5, 0.6) is 5.75 Å². The molecule has 1 amide bonds. The molecule has 0 aliphatic rings. The highest BCUT2D eigenvalue weighted by molar-refractivity contribution is 6.55. The number of anilines is 1. The van der Waals surface area contributed by atoms with Crippen molar-refractivity contribution in [3.05, 3.63) is 95.9 Å². The highest BCUT2D eigenvalue weighted by atomic mass is 35.5. The normalized spacial score (nSPS) is 11.0. The van der Waals surface area contributed by atoms with Crippen LogP contribution < -0.4 is 10.1 Å². The lowest BCUT2D eigenvalue weighted by Gasteiger charge is -2.12. The van der Waals surface area contributed by atoms with Gasteiger partial charge in [0.2, 0.25) is 0 Å². The number of rotatable bonds is 7. The Labute approximate surface area is 224 Å². The number of benzene rings is 2. The zero-order valence-corrected chi connectivity index (χ0v) is 21.5. The summed E-state index contributed by atoms with van der Waals surface area (Å²) in [6.45, 7) is 0.414. The van der Waals surface area contributed by atoms with Crippen molar-refractivity contribution < 1.29 is 13.9 Å². The molecule has 12 heteroatoms. The van der Waals surface area contributed by atoms with Gasteiger partial charge in [0.15, 0.2) is 17.3 Å². The largest absolute Gasteiger partial charge is 0.482 e. The van der Waals surface area contributed by atoms with E-state index in [9.17, 15) is 4.79 Å². The predicted octanol–water partition coefficient (Wildman–Crippen LogP) is 8.28. The van der Waals surface area contributed by atoms with E-state index >= 15 is 0 Å². The van der Waals surface area contributed by atoms with E-state index in [4.69, 9.17) is 78.8 Å². The first kappa shape index (κ1) is 25.0. The summed E-state index contributed by atoms with van der Waals surface area (Å²) in [4.78, 5) is 12.5. The van der Waals surface area contributed by atoms with Gasteiger partial charge >= 0.3 is 0 Å². The number of hydrogen-bond donors (Lipinski definition) is 1. The second-order valence-electron chi connectivity index (χ2n) is 6.94. The quantitative estimate of drug-likeness (QED) is 0.177. The van der Waals surface area contributed by atoms with Gasteiger partial charge in [-0.3, -0.25) is 9.48 Å². The molecular weight excluding hydrogens is 567 g/mol. The Balaban J connectivity index is 1.38. The number of nitrogens with one attached hydrogen (secondary N) is 1. The van der Waals surface area contributed by atoms with Gasteiger partial charge in [0.1, 0.15) is 22.4 Å². The lowest BCUT2D eigenvalue weighted by atomic mass is 10.2. The zero-order valence-electron chi connectivity index (χ0n) is 16.9. The fourth-order valence-corrected chi connectivity index (χ4v) is 4.39. The molecule has 176 valence electrons. The summed E-state index contributed by atoms with van der Waals surface area (Å²) in [5, 5.41) is 7.74. The van der Waals surface area contributed by atoms with Crippen LogP contribution in [0.3, 0.4) is 0 Å². The molecule has 0 bridgehead atoms. The molecular formula is C22H13Cl6N3O3. The predicted molar refractivity (Wildman–Crippen MR) is 135 cm³/mol. The van der Waals surface area contributed by atoms with Crippen molar-refractivity contribution in [2.45, 2.75) is 13.2 Å². The van der Waals surface area contributed by atoms with Crippen LogP contribution in [0.1, 0.15) is 21.9 Å². The van der Waals surface area contributed by atoms with Gasteiger partial charge in [0, 0.05) is 17.3 Å². The van der Waals surface area contributed by atoms with E-state index in [0.29, 0.717) is 23.1 Å². The molecule has 0 spiro atoms. The number of amides is 1. The molecule has 34 heavy (non-hydrogen) atoms. The molecule has 0 fully saturated rings. The van der Waals surface area contributed by atoms with Crippen LogP contribution in [0.2, 0.25) is 30.1 Å². The number of ether oxygens (including phenoxy) is 1. The van der Waals surface area contributed by atoms with E-state index < -0.39 is 5.91 Å². The molecule has 1 N–H and O–H groups in total. The van der Waals surface area contributed by atoms with Crippen LogP contribution in [0, 0.1) is 0 Å². The molecule has 0 saturated carbocycles. The second kappa shape index (κ2) is 10.7. The first-order valence-corrected chi connectivity index (χ1v) is 11.8. The minimum atomic E-state index is -0.479.